The standard InChI is InChI=1S/C13H15F3N2O.ClH/c14-10-5-9(6-11(15)12(10)16)13(19)18-4-2-8-1-3-17-7-8;/h5-6,8,17H,1-4,7H2,(H,18,19);1H. The van der Waals surface area contributed by atoms with Crippen LogP contribution in [0.4, 0.5) is 13.2 Å². The predicted molar refractivity (Wildman–Crippen MR) is 71.5 cm³/mol. The largest absolute Gasteiger partial charge is 0.352 e. The van der Waals surface area contributed by atoms with Crippen LogP contribution in [0.25, 0.3) is 0 Å². The Hall–Kier alpha value is -1.27. The minimum absolute atomic E-state index is 0. The van der Waals surface area contributed by atoms with Crippen molar-refractivity contribution in [2.45, 2.75) is 12.8 Å². The Balaban J connectivity index is 0.00000200. The van der Waals surface area contributed by atoms with Crippen molar-refractivity contribution in [1.82, 2.24) is 10.6 Å². The van der Waals surface area contributed by atoms with E-state index in [1.807, 2.05) is 0 Å². The molecule has 0 aromatic heterocycles. The molecule has 20 heavy (non-hydrogen) atoms. The Labute approximate surface area is 121 Å². The van der Waals surface area contributed by atoms with E-state index in [0.717, 1.165) is 25.9 Å². The molecule has 2 rings (SSSR count). The highest BCUT2D eigenvalue weighted by Gasteiger charge is 2.16. The van der Waals surface area contributed by atoms with Crippen molar-refractivity contribution >= 4 is 18.3 Å². The zero-order valence-corrected chi connectivity index (χ0v) is 11.5. The Morgan fingerprint density at radius 1 is 1.30 bits per heavy atom. The number of nitrogens with one attached hydrogen (secondary N) is 2. The molecule has 1 aliphatic rings. The first-order valence-electron chi connectivity index (χ1n) is 6.21. The lowest BCUT2D eigenvalue weighted by molar-refractivity contribution is 0.0950. The van der Waals surface area contributed by atoms with Gasteiger partial charge in [-0.15, -0.1) is 12.4 Å². The van der Waals surface area contributed by atoms with Gasteiger partial charge < -0.3 is 10.6 Å². The molecule has 1 amide bonds. The number of amides is 1. The molecule has 7 heteroatoms. The molecule has 1 atom stereocenters. The molecule has 2 N–H and O–H groups in total. The maximum atomic E-state index is 13.0. The van der Waals surface area contributed by atoms with Gasteiger partial charge in [-0.25, -0.2) is 13.2 Å². The lowest BCUT2D eigenvalue weighted by Crippen LogP contribution is -2.26. The van der Waals surface area contributed by atoms with Gasteiger partial charge in [-0.3, -0.25) is 4.79 Å². The Bertz CT molecular complexity index is 456. The Morgan fingerprint density at radius 2 is 1.95 bits per heavy atom. The lowest BCUT2D eigenvalue weighted by Gasteiger charge is -2.09. The number of benzene rings is 1. The van der Waals surface area contributed by atoms with Crippen LogP contribution in [0.1, 0.15) is 23.2 Å². The van der Waals surface area contributed by atoms with Gasteiger partial charge in [0.25, 0.3) is 5.91 Å². The smallest absolute Gasteiger partial charge is 0.251 e. The van der Waals surface area contributed by atoms with Gasteiger partial charge in [-0.1, -0.05) is 0 Å². The topological polar surface area (TPSA) is 41.1 Å². The first-order chi connectivity index (χ1) is 9.08. The second-order valence-electron chi connectivity index (χ2n) is 4.66. The van der Waals surface area contributed by atoms with Gasteiger partial charge in [0.05, 0.1) is 0 Å². The first-order valence-corrected chi connectivity index (χ1v) is 6.21. The number of hydrogen-bond acceptors (Lipinski definition) is 2. The predicted octanol–water partition coefficient (Wildman–Crippen LogP) is 2.26. The Kier molecular flexibility index (Phi) is 6.29. The minimum Gasteiger partial charge on any atom is -0.352 e. The van der Waals surface area contributed by atoms with Gasteiger partial charge in [-0.2, -0.15) is 0 Å². The highest BCUT2D eigenvalue weighted by molar-refractivity contribution is 5.94. The number of carbonyl (C=O) groups is 1. The molecule has 1 heterocycles. The normalized spacial score (nSPS) is 17.6. The lowest BCUT2D eigenvalue weighted by atomic mass is 10.1. The summed E-state index contributed by atoms with van der Waals surface area (Å²) in [5.74, 6) is -4.35. The van der Waals surface area contributed by atoms with Crippen molar-refractivity contribution in [3.8, 4) is 0 Å². The van der Waals surface area contributed by atoms with Crippen LogP contribution in [0.5, 0.6) is 0 Å². The zero-order chi connectivity index (χ0) is 13.8. The van der Waals surface area contributed by atoms with Crippen LogP contribution in [-0.4, -0.2) is 25.5 Å². The number of hydrogen-bond donors (Lipinski definition) is 2. The summed E-state index contributed by atoms with van der Waals surface area (Å²) in [6, 6.07) is 1.40. The summed E-state index contributed by atoms with van der Waals surface area (Å²) in [5, 5.41) is 5.79. The first kappa shape index (κ1) is 16.8. The maximum absolute atomic E-state index is 13.0. The van der Waals surface area contributed by atoms with E-state index in [1.54, 1.807) is 0 Å². The van der Waals surface area contributed by atoms with Crippen molar-refractivity contribution in [2.24, 2.45) is 5.92 Å². The van der Waals surface area contributed by atoms with Crippen molar-refractivity contribution in [2.75, 3.05) is 19.6 Å². The third-order valence-corrected chi connectivity index (χ3v) is 3.25. The highest BCUT2D eigenvalue weighted by Crippen LogP contribution is 2.14. The average Bonchev–Trinajstić information content (AvgIpc) is 2.88. The molecule has 0 radical (unpaired) electrons. The summed E-state index contributed by atoms with van der Waals surface area (Å²) in [5.41, 5.74) is -0.207. The van der Waals surface area contributed by atoms with Gasteiger partial charge in [0.15, 0.2) is 17.5 Å². The van der Waals surface area contributed by atoms with Crippen LogP contribution in [0.3, 0.4) is 0 Å². The average molecular weight is 309 g/mol. The van der Waals surface area contributed by atoms with E-state index in [1.165, 1.54) is 0 Å². The van der Waals surface area contributed by atoms with Crippen molar-refractivity contribution in [3.05, 3.63) is 35.1 Å². The number of rotatable bonds is 4. The summed E-state index contributed by atoms with van der Waals surface area (Å²) in [4.78, 5) is 11.7. The quantitative estimate of drug-likeness (QED) is 0.838. The molecule has 1 aromatic carbocycles. The fraction of sp³-hybridized carbons (Fsp3) is 0.462. The molecular weight excluding hydrogens is 293 g/mol. The molecule has 1 aliphatic heterocycles. The molecule has 3 nitrogen and oxygen atoms in total. The van der Waals surface area contributed by atoms with Crippen LogP contribution in [0.15, 0.2) is 12.1 Å². The van der Waals surface area contributed by atoms with Crippen LogP contribution in [0, 0.1) is 23.4 Å². The van der Waals surface area contributed by atoms with Gasteiger partial charge >= 0.3 is 0 Å². The molecule has 0 saturated carbocycles. The molecule has 0 spiro atoms. The molecule has 112 valence electrons. The van der Waals surface area contributed by atoms with Crippen LogP contribution < -0.4 is 10.6 Å². The van der Waals surface area contributed by atoms with E-state index in [-0.39, 0.29) is 18.0 Å². The van der Waals surface area contributed by atoms with Gasteiger partial charge in [0, 0.05) is 12.1 Å². The Morgan fingerprint density at radius 3 is 2.50 bits per heavy atom. The fourth-order valence-corrected chi connectivity index (χ4v) is 2.14. The van der Waals surface area contributed by atoms with Crippen LogP contribution in [0.2, 0.25) is 0 Å². The third kappa shape index (κ3) is 4.11. The summed E-state index contributed by atoms with van der Waals surface area (Å²) < 4.78 is 38.7. The molecule has 0 bridgehead atoms. The fourth-order valence-electron chi connectivity index (χ4n) is 2.14. The van der Waals surface area contributed by atoms with E-state index < -0.39 is 23.4 Å². The monoisotopic (exact) mass is 308 g/mol. The van der Waals surface area contributed by atoms with Crippen molar-refractivity contribution in [1.29, 1.82) is 0 Å². The van der Waals surface area contributed by atoms with E-state index in [0.29, 0.717) is 24.6 Å². The van der Waals surface area contributed by atoms with Gasteiger partial charge in [-0.05, 0) is 44.0 Å². The molecule has 1 fully saturated rings. The van der Waals surface area contributed by atoms with E-state index >= 15 is 0 Å². The van der Waals surface area contributed by atoms with Crippen molar-refractivity contribution in [3.63, 3.8) is 0 Å². The number of halogens is 4. The van der Waals surface area contributed by atoms with Gasteiger partial charge in [0.1, 0.15) is 0 Å². The summed E-state index contributed by atoms with van der Waals surface area (Å²) in [7, 11) is 0. The molecular formula is C13H16ClF3N2O. The van der Waals surface area contributed by atoms with E-state index in [4.69, 9.17) is 0 Å². The summed E-state index contributed by atoms with van der Waals surface area (Å²) in [6.07, 6.45) is 1.88. The molecule has 0 aliphatic carbocycles. The summed E-state index contributed by atoms with van der Waals surface area (Å²) >= 11 is 0. The summed E-state index contributed by atoms with van der Waals surface area (Å²) in [6.45, 7) is 2.34. The minimum atomic E-state index is -1.56. The highest BCUT2D eigenvalue weighted by atomic mass is 35.5. The van der Waals surface area contributed by atoms with Crippen LogP contribution in [-0.2, 0) is 0 Å². The maximum Gasteiger partial charge on any atom is 0.251 e. The second kappa shape index (κ2) is 7.50. The SMILES string of the molecule is Cl.O=C(NCCC1CCNC1)c1cc(F)c(F)c(F)c1. The zero-order valence-electron chi connectivity index (χ0n) is 10.7. The van der Waals surface area contributed by atoms with Crippen molar-refractivity contribution < 1.29 is 18.0 Å². The molecule has 1 aromatic rings. The molecule has 1 saturated heterocycles. The van der Waals surface area contributed by atoms with Gasteiger partial charge in [0.2, 0.25) is 0 Å². The van der Waals surface area contributed by atoms with E-state index in [2.05, 4.69) is 10.6 Å². The van der Waals surface area contributed by atoms with Crippen LogP contribution >= 0.6 is 12.4 Å². The number of carbonyl (C=O) groups excluding carboxylic acids is 1. The molecule has 1 unspecified atom stereocenters. The van der Waals surface area contributed by atoms with E-state index in [9.17, 15) is 18.0 Å². The third-order valence-electron chi connectivity index (χ3n) is 3.25. The second-order valence-corrected chi connectivity index (χ2v) is 4.66.